The van der Waals surface area contributed by atoms with Crippen LogP contribution in [0.2, 0.25) is 0 Å². The number of hydrogen-bond donors (Lipinski definition) is 1. The zero-order chi connectivity index (χ0) is 17.7. The molecule has 2 rings (SSSR count). The summed E-state index contributed by atoms with van der Waals surface area (Å²) in [6.45, 7) is 8.22. The Morgan fingerprint density at radius 3 is 2.54 bits per heavy atom. The zero-order valence-corrected chi connectivity index (χ0v) is 15.6. The van der Waals surface area contributed by atoms with E-state index in [-0.39, 0.29) is 24.0 Å². The lowest BCUT2D eigenvalue weighted by atomic mass is 9.93. The lowest BCUT2D eigenvalue weighted by Gasteiger charge is -2.15. The molecule has 1 aromatic heterocycles. The molecule has 6 heteroatoms. The van der Waals surface area contributed by atoms with Crippen LogP contribution < -0.4 is 14.8 Å². The third-order valence-electron chi connectivity index (χ3n) is 3.47. The molecule has 0 saturated carbocycles. The van der Waals surface area contributed by atoms with Gasteiger partial charge in [0.2, 0.25) is 0 Å². The first-order valence-electron chi connectivity index (χ1n) is 7.82. The van der Waals surface area contributed by atoms with Crippen LogP contribution in [0.1, 0.15) is 44.4 Å². The first-order chi connectivity index (χ1) is 11.3. The van der Waals surface area contributed by atoms with Gasteiger partial charge in [-0.05, 0) is 19.1 Å². The topological polar surface area (TPSA) is 60.5 Å². The fraction of sp³-hybridized carbons (Fsp3) is 0.444. The molecule has 0 aliphatic heterocycles. The first kappa shape index (κ1) is 18.3. The number of ether oxygens (including phenoxy) is 2. The highest BCUT2D eigenvalue weighted by Crippen LogP contribution is 2.27. The molecule has 1 heterocycles. The van der Waals surface area contributed by atoms with E-state index in [0.717, 1.165) is 10.7 Å². The van der Waals surface area contributed by atoms with Crippen molar-refractivity contribution in [2.45, 2.75) is 39.2 Å². The number of nitrogens with one attached hydrogen (secondary N) is 1. The monoisotopic (exact) mass is 348 g/mol. The highest BCUT2D eigenvalue weighted by molar-refractivity contribution is 7.09. The second-order valence-electron chi connectivity index (χ2n) is 6.55. The minimum absolute atomic E-state index is 0.00541. The summed E-state index contributed by atoms with van der Waals surface area (Å²) in [6, 6.07) is 7.09. The largest absolute Gasteiger partial charge is 0.493 e. The number of thiazole rings is 1. The van der Waals surface area contributed by atoms with E-state index in [1.807, 2.05) is 24.4 Å². The standard InChI is InChI=1S/C18H24N2O3S/c1-12(17-20-15(11-24-17)18(2,3)4)19-16(21)10-23-14-9-7-6-8-13(14)22-5/h6-9,11-12H,10H2,1-5H3,(H,19,21)/t12-/m0/s1. The van der Waals surface area contributed by atoms with Gasteiger partial charge in [-0.25, -0.2) is 4.98 Å². The molecule has 0 saturated heterocycles. The molecule has 24 heavy (non-hydrogen) atoms. The number of para-hydroxylation sites is 2. The molecule has 5 nitrogen and oxygen atoms in total. The summed E-state index contributed by atoms with van der Waals surface area (Å²) in [5, 5.41) is 5.85. The van der Waals surface area contributed by atoms with Gasteiger partial charge in [-0.1, -0.05) is 32.9 Å². The van der Waals surface area contributed by atoms with E-state index in [1.165, 1.54) is 0 Å². The average Bonchev–Trinajstić information content (AvgIpc) is 3.03. The van der Waals surface area contributed by atoms with Crippen LogP contribution in [0.25, 0.3) is 0 Å². The minimum Gasteiger partial charge on any atom is -0.493 e. The van der Waals surface area contributed by atoms with Gasteiger partial charge in [-0.15, -0.1) is 11.3 Å². The highest BCUT2D eigenvalue weighted by Gasteiger charge is 2.20. The SMILES string of the molecule is COc1ccccc1OCC(=O)N[C@@H](C)c1nc(C(C)(C)C)cs1. The third kappa shape index (κ3) is 4.71. The Kier molecular flexibility index (Phi) is 5.83. The van der Waals surface area contributed by atoms with Crippen LogP contribution in [0.4, 0.5) is 0 Å². The molecular formula is C18H24N2O3S. The van der Waals surface area contributed by atoms with Gasteiger partial charge in [0, 0.05) is 10.8 Å². The highest BCUT2D eigenvalue weighted by atomic mass is 32.1. The second kappa shape index (κ2) is 7.66. The summed E-state index contributed by atoms with van der Waals surface area (Å²) in [7, 11) is 1.57. The van der Waals surface area contributed by atoms with Gasteiger partial charge in [-0.3, -0.25) is 4.79 Å². The summed E-state index contributed by atoms with van der Waals surface area (Å²) < 4.78 is 10.7. The Balaban J connectivity index is 1.91. The van der Waals surface area contributed by atoms with Crippen molar-refractivity contribution in [2.75, 3.05) is 13.7 Å². The van der Waals surface area contributed by atoms with Crippen LogP contribution in [0.15, 0.2) is 29.6 Å². The van der Waals surface area contributed by atoms with Crippen LogP contribution in [0.5, 0.6) is 11.5 Å². The van der Waals surface area contributed by atoms with Gasteiger partial charge >= 0.3 is 0 Å². The van der Waals surface area contributed by atoms with Crippen LogP contribution >= 0.6 is 11.3 Å². The predicted molar refractivity (Wildman–Crippen MR) is 95.9 cm³/mol. The van der Waals surface area contributed by atoms with Gasteiger partial charge in [0.1, 0.15) is 5.01 Å². The lowest BCUT2D eigenvalue weighted by molar-refractivity contribution is -0.123. The van der Waals surface area contributed by atoms with Crippen molar-refractivity contribution in [3.05, 3.63) is 40.3 Å². The fourth-order valence-electron chi connectivity index (χ4n) is 2.06. The molecular weight excluding hydrogens is 324 g/mol. The summed E-state index contributed by atoms with van der Waals surface area (Å²) in [5.74, 6) is 0.959. The molecule has 1 amide bonds. The van der Waals surface area contributed by atoms with E-state index in [0.29, 0.717) is 11.5 Å². The zero-order valence-electron chi connectivity index (χ0n) is 14.8. The molecule has 0 aliphatic rings. The maximum absolute atomic E-state index is 12.1. The van der Waals surface area contributed by atoms with Gasteiger partial charge in [0.05, 0.1) is 18.8 Å². The van der Waals surface area contributed by atoms with E-state index in [9.17, 15) is 4.79 Å². The molecule has 130 valence electrons. The van der Waals surface area contributed by atoms with Crippen molar-refractivity contribution < 1.29 is 14.3 Å². The van der Waals surface area contributed by atoms with Crippen molar-refractivity contribution in [3.63, 3.8) is 0 Å². The van der Waals surface area contributed by atoms with Gasteiger partial charge < -0.3 is 14.8 Å². The van der Waals surface area contributed by atoms with Gasteiger partial charge in [0.15, 0.2) is 18.1 Å². The Labute approximate surface area is 147 Å². The van der Waals surface area contributed by atoms with E-state index in [4.69, 9.17) is 9.47 Å². The Morgan fingerprint density at radius 2 is 1.96 bits per heavy atom. The molecule has 1 aromatic carbocycles. The average molecular weight is 348 g/mol. The number of carbonyl (C=O) groups excluding carboxylic acids is 1. The summed E-state index contributed by atoms with van der Waals surface area (Å²) in [6.07, 6.45) is 0. The van der Waals surface area contributed by atoms with Crippen molar-refractivity contribution in [3.8, 4) is 11.5 Å². The van der Waals surface area contributed by atoms with Crippen molar-refractivity contribution in [2.24, 2.45) is 0 Å². The van der Waals surface area contributed by atoms with E-state index in [2.05, 4.69) is 31.1 Å². The lowest BCUT2D eigenvalue weighted by Crippen LogP contribution is -2.31. The Morgan fingerprint density at radius 1 is 1.29 bits per heavy atom. The van der Waals surface area contributed by atoms with E-state index >= 15 is 0 Å². The summed E-state index contributed by atoms with van der Waals surface area (Å²) in [5.41, 5.74) is 1.04. The van der Waals surface area contributed by atoms with E-state index in [1.54, 1.807) is 30.6 Å². The van der Waals surface area contributed by atoms with Gasteiger partial charge in [-0.2, -0.15) is 0 Å². The number of carbonyl (C=O) groups is 1. The molecule has 0 bridgehead atoms. The number of nitrogens with zero attached hydrogens (tertiary/aromatic N) is 1. The molecule has 0 fully saturated rings. The molecule has 2 aromatic rings. The number of rotatable bonds is 6. The first-order valence-corrected chi connectivity index (χ1v) is 8.70. The number of aromatic nitrogens is 1. The predicted octanol–water partition coefficient (Wildman–Crippen LogP) is 3.71. The number of benzene rings is 1. The quantitative estimate of drug-likeness (QED) is 0.864. The smallest absolute Gasteiger partial charge is 0.258 e. The number of amides is 1. The van der Waals surface area contributed by atoms with Crippen LogP contribution in [-0.4, -0.2) is 24.6 Å². The summed E-state index contributed by atoms with van der Waals surface area (Å²) >= 11 is 1.56. The van der Waals surface area contributed by atoms with E-state index < -0.39 is 0 Å². The normalized spacial score (nSPS) is 12.5. The van der Waals surface area contributed by atoms with Crippen molar-refractivity contribution >= 4 is 17.2 Å². The Bertz CT molecular complexity index is 692. The molecule has 1 atom stereocenters. The molecule has 1 N–H and O–H groups in total. The second-order valence-corrected chi connectivity index (χ2v) is 7.44. The Hall–Kier alpha value is -2.08. The van der Waals surface area contributed by atoms with Crippen molar-refractivity contribution in [1.29, 1.82) is 0 Å². The van der Waals surface area contributed by atoms with Crippen LogP contribution in [0.3, 0.4) is 0 Å². The number of hydrogen-bond acceptors (Lipinski definition) is 5. The maximum atomic E-state index is 12.1. The fourth-order valence-corrected chi connectivity index (χ4v) is 3.11. The summed E-state index contributed by atoms with van der Waals surface area (Å²) in [4.78, 5) is 16.7. The van der Waals surface area contributed by atoms with Crippen molar-refractivity contribution in [1.82, 2.24) is 10.3 Å². The molecule has 0 unspecified atom stereocenters. The molecule has 0 spiro atoms. The molecule has 0 aliphatic carbocycles. The van der Waals surface area contributed by atoms with Gasteiger partial charge in [0.25, 0.3) is 5.91 Å². The van der Waals surface area contributed by atoms with Crippen LogP contribution in [0, 0.1) is 0 Å². The maximum Gasteiger partial charge on any atom is 0.258 e. The molecule has 0 radical (unpaired) electrons. The minimum atomic E-state index is -0.194. The van der Waals surface area contributed by atoms with Crippen LogP contribution in [-0.2, 0) is 10.2 Å². The number of methoxy groups -OCH3 is 1. The third-order valence-corrected chi connectivity index (χ3v) is 4.49.